The number of rotatable bonds is 6. The van der Waals surface area contributed by atoms with Crippen molar-refractivity contribution in [2.75, 3.05) is 26.8 Å². The van der Waals surface area contributed by atoms with Gasteiger partial charge >= 0.3 is 6.09 Å². The number of amides is 1. The molecule has 1 amide bonds. The molecule has 0 aromatic heterocycles. The number of hydrogen-bond acceptors (Lipinski definition) is 4. The normalized spacial score (nSPS) is 20.8. The number of hydrogen-bond donors (Lipinski definition) is 4. The molecule has 6 nitrogen and oxygen atoms in total. The number of carbonyl (C=O) groups is 1. The van der Waals surface area contributed by atoms with Crippen molar-refractivity contribution in [2.45, 2.75) is 31.4 Å². The second-order valence-corrected chi connectivity index (χ2v) is 4.47. The summed E-state index contributed by atoms with van der Waals surface area (Å²) in [5, 5.41) is 23.9. The third kappa shape index (κ3) is 5.34. The predicted octanol–water partition coefficient (Wildman–Crippen LogP) is 0.0196. The van der Waals surface area contributed by atoms with Gasteiger partial charge in [0.15, 0.2) is 0 Å². The number of carboxylic acid groups (broad SMARTS) is 1. The number of ether oxygens (including phenoxy) is 1. The van der Waals surface area contributed by atoms with Gasteiger partial charge in [-0.1, -0.05) is 0 Å². The van der Waals surface area contributed by atoms with Crippen LogP contribution in [-0.4, -0.2) is 55.3 Å². The smallest absolute Gasteiger partial charge is 0.404 e. The zero-order valence-corrected chi connectivity index (χ0v) is 10.2. The molecule has 0 bridgehead atoms. The summed E-state index contributed by atoms with van der Waals surface area (Å²) in [6, 6.07) is -0.414. The first-order valence-corrected chi connectivity index (χ1v) is 6.03. The van der Waals surface area contributed by atoms with Gasteiger partial charge in [-0.2, -0.15) is 0 Å². The molecule has 6 heteroatoms. The molecule has 0 spiro atoms. The van der Waals surface area contributed by atoms with Crippen LogP contribution in [0.25, 0.3) is 0 Å². The Morgan fingerprint density at radius 3 is 2.65 bits per heavy atom. The van der Waals surface area contributed by atoms with Crippen LogP contribution in [0.4, 0.5) is 4.79 Å². The molecule has 0 aliphatic carbocycles. The van der Waals surface area contributed by atoms with Gasteiger partial charge in [-0.25, -0.2) is 4.79 Å². The van der Waals surface area contributed by atoms with Gasteiger partial charge in [-0.05, 0) is 32.2 Å². The van der Waals surface area contributed by atoms with Crippen LogP contribution in [0.5, 0.6) is 0 Å². The third-order valence-corrected chi connectivity index (χ3v) is 3.11. The topological polar surface area (TPSA) is 90.8 Å². The van der Waals surface area contributed by atoms with E-state index >= 15 is 0 Å². The van der Waals surface area contributed by atoms with Gasteiger partial charge in [0, 0.05) is 19.8 Å². The van der Waals surface area contributed by atoms with Crippen LogP contribution in [0.3, 0.4) is 0 Å². The zero-order chi connectivity index (χ0) is 12.7. The van der Waals surface area contributed by atoms with E-state index in [-0.39, 0.29) is 0 Å². The fourth-order valence-corrected chi connectivity index (χ4v) is 2.16. The third-order valence-electron chi connectivity index (χ3n) is 3.11. The van der Waals surface area contributed by atoms with Crippen LogP contribution in [-0.2, 0) is 4.74 Å². The minimum atomic E-state index is -1.09. The molecule has 0 aromatic carbocycles. The Hall–Kier alpha value is -0.850. The molecule has 1 aliphatic rings. The van der Waals surface area contributed by atoms with Crippen LogP contribution >= 0.6 is 0 Å². The molecule has 1 aliphatic heterocycles. The van der Waals surface area contributed by atoms with Gasteiger partial charge in [-0.15, -0.1) is 0 Å². The number of nitrogens with one attached hydrogen (secondary N) is 2. The molecule has 0 aromatic rings. The molecule has 100 valence electrons. The Labute approximate surface area is 101 Å². The largest absolute Gasteiger partial charge is 0.465 e. The average molecular weight is 246 g/mol. The van der Waals surface area contributed by atoms with E-state index in [9.17, 15) is 9.90 Å². The van der Waals surface area contributed by atoms with Crippen molar-refractivity contribution in [2.24, 2.45) is 5.92 Å². The van der Waals surface area contributed by atoms with Crippen LogP contribution in [0.15, 0.2) is 0 Å². The highest BCUT2D eigenvalue weighted by Gasteiger charge is 2.25. The first kappa shape index (κ1) is 14.2. The van der Waals surface area contributed by atoms with E-state index in [1.807, 2.05) is 0 Å². The Kier molecular flexibility index (Phi) is 6.25. The first-order chi connectivity index (χ1) is 8.13. The zero-order valence-electron chi connectivity index (χ0n) is 10.2. The number of aliphatic hydroxyl groups is 1. The fraction of sp³-hybridized carbons (Fsp3) is 0.909. The fourth-order valence-electron chi connectivity index (χ4n) is 2.16. The van der Waals surface area contributed by atoms with E-state index in [4.69, 9.17) is 9.84 Å². The van der Waals surface area contributed by atoms with E-state index < -0.39 is 18.2 Å². The van der Waals surface area contributed by atoms with Crippen LogP contribution in [0.2, 0.25) is 0 Å². The number of aliphatic hydroxyl groups excluding tert-OH is 1. The summed E-state index contributed by atoms with van der Waals surface area (Å²) in [4.78, 5) is 10.7. The van der Waals surface area contributed by atoms with Gasteiger partial charge in [0.05, 0.1) is 12.1 Å². The van der Waals surface area contributed by atoms with Gasteiger partial charge in [0.25, 0.3) is 0 Å². The van der Waals surface area contributed by atoms with Crippen molar-refractivity contribution >= 4 is 6.09 Å². The molecule has 0 unspecified atom stereocenters. The standard InChI is InChI=1S/C11H22N2O4/c1-12-7-10(14)9(13-11(15)16)6-8-2-4-17-5-3-8/h8-10,12-14H,2-7H2,1H3,(H,15,16)/t9-,10-/m0/s1. The minimum absolute atomic E-state index is 0.383. The Bertz CT molecular complexity index is 232. The summed E-state index contributed by atoms with van der Waals surface area (Å²) in [6.07, 6.45) is 0.753. The molecule has 1 rings (SSSR count). The Balaban J connectivity index is 2.45. The molecule has 1 saturated heterocycles. The highest BCUT2D eigenvalue weighted by molar-refractivity contribution is 5.64. The number of likely N-dealkylation sites (N-methyl/N-ethyl adjacent to an activating group) is 1. The highest BCUT2D eigenvalue weighted by atomic mass is 16.5. The SMILES string of the molecule is CNC[C@H](O)[C@H](CC1CCOCC1)NC(=O)O. The first-order valence-electron chi connectivity index (χ1n) is 6.03. The Morgan fingerprint density at radius 1 is 1.47 bits per heavy atom. The predicted molar refractivity (Wildman–Crippen MR) is 63.0 cm³/mol. The minimum Gasteiger partial charge on any atom is -0.465 e. The van der Waals surface area contributed by atoms with Crippen molar-refractivity contribution in [1.82, 2.24) is 10.6 Å². The van der Waals surface area contributed by atoms with Gasteiger partial charge in [-0.3, -0.25) is 0 Å². The van der Waals surface area contributed by atoms with Crippen molar-refractivity contribution in [3.63, 3.8) is 0 Å². The summed E-state index contributed by atoms with van der Waals surface area (Å²) < 4.78 is 5.26. The maximum absolute atomic E-state index is 10.7. The lowest BCUT2D eigenvalue weighted by Crippen LogP contribution is -2.47. The summed E-state index contributed by atoms with van der Waals surface area (Å²) in [5.74, 6) is 0.423. The summed E-state index contributed by atoms with van der Waals surface area (Å²) in [7, 11) is 1.73. The van der Waals surface area contributed by atoms with E-state index in [1.54, 1.807) is 7.05 Å². The lowest BCUT2D eigenvalue weighted by molar-refractivity contribution is 0.0478. The second-order valence-electron chi connectivity index (χ2n) is 4.47. The molecule has 1 fully saturated rings. The van der Waals surface area contributed by atoms with Crippen LogP contribution in [0.1, 0.15) is 19.3 Å². The van der Waals surface area contributed by atoms with Crippen molar-refractivity contribution < 1.29 is 19.7 Å². The Morgan fingerprint density at radius 2 is 2.12 bits per heavy atom. The lowest BCUT2D eigenvalue weighted by Gasteiger charge is -2.29. The quantitative estimate of drug-likeness (QED) is 0.530. The van der Waals surface area contributed by atoms with E-state index in [0.29, 0.717) is 18.9 Å². The molecule has 2 atom stereocenters. The second kappa shape index (κ2) is 7.47. The van der Waals surface area contributed by atoms with Crippen LogP contribution < -0.4 is 10.6 Å². The molecule has 0 saturated carbocycles. The van der Waals surface area contributed by atoms with Gasteiger partial charge in [0.1, 0.15) is 0 Å². The van der Waals surface area contributed by atoms with Crippen LogP contribution in [0, 0.1) is 5.92 Å². The molecule has 4 N–H and O–H groups in total. The summed E-state index contributed by atoms with van der Waals surface area (Å²) in [5.41, 5.74) is 0. The highest BCUT2D eigenvalue weighted by Crippen LogP contribution is 2.21. The van der Waals surface area contributed by atoms with E-state index in [2.05, 4.69) is 10.6 Å². The average Bonchev–Trinajstić information content (AvgIpc) is 2.29. The summed E-state index contributed by atoms with van der Waals surface area (Å²) >= 11 is 0. The maximum Gasteiger partial charge on any atom is 0.404 e. The van der Waals surface area contributed by atoms with Crippen molar-refractivity contribution in [3.05, 3.63) is 0 Å². The van der Waals surface area contributed by atoms with E-state index in [1.165, 1.54) is 0 Å². The van der Waals surface area contributed by atoms with Gasteiger partial charge < -0.3 is 25.6 Å². The molecular weight excluding hydrogens is 224 g/mol. The lowest BCUT2D eigenvalue weighted by atomic mass is 9.90. The monoisotopic (exact) mass is 246 g/mol. The molecule has 17 heavy (non-hydrogen) atoms. The summed E-state index contributed by atoms with van der Waals surface area (Å²) in [6.45, 7) is 1.84. The van der Waals surface area contributed by atoms with Gasteiger partial charge in [0.2, 0.25) is 0 Å². The maximum atomic E-state index is 10.7. The molecule has 0 radical (unpaired) electrons. The molecule has 1 heterocycles. The van der Waals surface area contributed by atoms with Crippen molar-refractivity contribution in [1.29, 1.82) is 0 Å². The van der Waals surface area contributed by atoms with Crippen molar-refractivity contribution in [3.8, 4) is 0 Å². The molecular formula is C11H22N2O4. The van der Waals surface area contributed by atoms with E-state index in [0.717, 1.165) is 26.1 Å².